The van der Waals surface area contributed by atoms with Gasteiger partial charge in [0, 0.05) is 46.3 Å². The minimum Gasteiger partial charge on any atom is -0.493 e. The van der Waals surface area contributed by atoms with Crippen molar-refractivity contribution < 1.29 is 14.3 Å². The third-order valence-electron chi connectivity index (χ3n) is 6.27. The molecule has 8 heteroatoms. The normalized spacial score (nSPS) is 19.6. The van der Waals surface area contributed by atoms with Crippen LogP contribution in [0.2, 0.25) is 0 Å². The van der Waals surface area contributed by atoms with Gasteiger partial charge in [0.15, 0.2) is 5.96 Å². The van der Waals surface area contributed by atoms with Crippen molar-refractivity contribution >= 4 is 35.8 Å². The van der Waals surface area contributed by atoms with E-state index in [0.717, 1.165) is 37.3 Å². The maximum absolute atomic E-state index is 12.1. The Labute approximate surface area is 203 Å². The largest absolute Gasteiger partial charge is 0.493 e. The Bertz CT molecular complexity index is 735. The maximum Gasteiger partial charge on any atom is 0.243 e. The van der Waals surface area contributed by atoms with Crippen molar-refractivity contribution in [1.29, 1.82) is 0 Å². The summed E-state index contributed by atoms with van der Waals surface area (Å²) in [5, 5.41) is 7.12. The number of para-hydroxylation sites is 1. The lowest BCUT2D eigenvalue weighted by Crippen LogP contribution is -2.46. The second-order valence-corrected chi connectivity index (χ2v) is 8.63. The van der Waals surface area contributed by atoms with Crippen LogP contribution in [0.1, 0.15) is 50.1 Å². The van der Waals surface area contributed by atoms with Gasteiger partial charge in [-0.3, -0.25) is 4.79 Å². The molecule has 0 saturated heterocycles. The number of aliphatic imine (C=N–C) groups is 1. The molecule has 1 saturated carbocycles. The van der Waals surface area contributed by atoms with Crippen LogP contribution in [0.4, 0.5) is 0 Å². The molecule has 1 amide bonds. The summed E-state index contributed by atoms with van der Waals surface area (Å²) < 4.78 is 11.2. The van der Waals surface area contributed by atoms with Gasteiger partial charge in [0.1, 0.15) is 12.3 Å². The fraction of sp³-hybridized carbons (Fsp3) is 0.652. The van der Waals surface area contributed by atoms with Crippen molar-refractivity contribution in [2.45, 2.75) is 44.6 Å². The molecule has 1 unspecified atom stereocenters. The van der Waals surface area contributed by atoms with Crippen LogP contribution in [0.25, 0.3) is 0 Å². The highest BCUT2D eigenvalue weighted by Crippen LogP contribution is 2.40. The van der Waals surface area contributed by atoms with E-state index in [1.165, 1.54) is 25.7 Å². The molecule has 174 valence electrons. The molecule has 3 rings (SSSR count). The Balaban J connectivity index is 0.00000341. The number of nitrogens with one attached hydrogen (secondary N) is 2. The summed E-state index contributed by atoms with van der Waals surface area (Å²) in [5.74, 6) is 1.59. The van der Waals surface area contributed by atoms with Crippen molar-refractivity contribution in [3.05, 3.63) is 29.8 Å². The number of guanidine groups is 1. The minimum absolute atomic E-state index is 0. The number of benzene rings is 1. The van der Waals surface area contributed by atoms with E-state index in [1.54, 1.807) is 26.1 Å². The molecule has 1 atom stereocenters. The van der Waals surface area contributed by atoms with Crippen LogP contribution >= 0.6 is 24.0 Å². The molecule has 0 spiro atoms. The van der Waals surface area contributed by atoms with Gasteiger partial charge in [0.25, 0.3) is 0 Å². The number of carbonyl (C=O) groups is 1. The zero-order valence-electron chi connectivity index (χ0n) is 19.0. The average molecular weight is 544 g/mol. The van der Waals surface area contributed by atoms with Gasteiger partial charge in [-0.25, -0.2) is 4.99 Å². The Kier molecular flexibility index (Phi) is 10.3. The van der Waals surface area contributed by atoms with E-state index >= 15 is 0 Å². The number of amides is 1. The summed E-state index contributed by atoms with van der Waals surface area (Å²) in [7, 11) is 5.27. The summed E-state index contributed by atoms with van der Waals surface area (Å²) in [6.45, 7) is 2.39. The minimum atomic E-state index is -0.0153. The van der Waals surface area contributed by atoms with Gasteiger partial charge in [0.2, 0.25) is 5.91 Å². The number of fused-ring (bicyclic) bond motifs is 1. The maximum atomic E-state index is 12.1. The number of nitrogens with zero attached hydrogens (tertiary/aromatic N) is 2. The monoisotopic (exact) mass is 544 g/mol. The second-order valence-electron chi connectivity index (χ2n) is 8.63. The van der Waals surface area contributed by atoms with Gasteiger partial charge in [-0.2, -0.15) is 0 Å². The Morgan fingerprint density at radius 2 is 2.03 bits per heavy atom. The number of rotatable bonds is 8. The molecule has 31 heavy (non-hydrogen) atoms. The molecular formula is C23H37IN4O3. The first-order valence-corrected chi connectivity index (χ1v) is 11.0. The molecule has 1 aliphatic heterocycles. The van der Waals surface area contributed by atoms with Crippen LogP contribution in [0.5, 0.6) is 5.75 Å². The Hall–Kier alpha value is -1.55. The smallest absolute Gasteiger partial charge is 0.243 e. The van der Waals surface area contributed by atoms with Crippen LogP contribution in [0, 0.1) is 5.41 Å². The van der Waals surface area contributed by atoms with Crippen molar-refractivity contribution in [3.63, 3.8) is 0 Å². The lowest BCUT2D eigenvalue weighted by Gasteiger charge is -2.32. The fourth-order valence-corrected chi connectivity index (χ4v) is 4.33. The molecule has 1 aromatic carbocycles. The summed E-state index contributed by atoms with van der Waals surface area (Å²) >= 11 is 0. The highest BCUT2D eigenvalue weighted by molar-refractivity contribution is 14.0. The molecule has 2 N–H and O–H groups in total. The molecule has 7 nitrogen and oxygen atoms in total. The van der Waals surface area contributed by atoms with Gasteiger partial charge in [-0.1, -0.05) is 31.0 Å². The first-order chi connectivity index (χ1) is 14.5. The first-order valence-electron chi connectivity index (χ1n) is 11.0. The van der Waals surface area contributed by atoms with Gasteiger partial charge in [-0.15, -0.1) is 24.0 Å². The van der Waals surface area contributed by atoms with E-state index in [1.807, 2.05) is 18.2 Å². The predicted octanol–water partition coefficient (Wildman–Crippen LogP) is 3.35. The SMILES string of the molecule is COCCC1(CNC(=NCC(=O)N(C)C)NC2CCOc3ccccc32)CCCC1.I. The molecule has 1 heterocycles. The van der Waals surface area contributed by atoms with Gasteiger partial charge in [0.05, 0.1) is 12.6 Å². The molecule has 1 aliphatic carbocycles. The molecule has 0 radical (unpaired) electrons. The highest BCUT2D eigenvalue weighted by Gasteiger charge is 2.34. The third-order valence-corrected chi connectivity index (χ3v) is 6.27. The number of likely N-dealkylation sites (N-methyl/N-ethyl adjacent to an activating group) is 1. The quantitative estimate of drug-likeness (QED) is 0.299. The van der Waals surface area contributed by atoms with Crippen LogP contribution in [-0.4, -0.2) is 64.3 Å². The average Bonchev–Trinajstić information content (AvgIpc) is 3.23. The topological polar surface area (TPSA) is 75.2 Å². The number of carbonyl (C=O) groups excluding carboxylic acids is 1. The highest BCUT2D eigenvalue weighted by atomic mass is 127. The summed E-state index contributed by atoms with van der Waals surface area (Å²) in [6.07, 6.45) is 6.82. The first kappa shape index (κ1) is 25.7. The van der Waals surface area contributed by atoms with Crippen molar-refractivity contribution in [2.24, 2.45) is 10.4 Å². The van der Waals surface area contributed by atoms with Crippen molar-refractivity contribution in [1.82, 2.24) is 15.5 Å². The van der Waals surface area contributed by atoms with Crippen LogP contribution in [-0.2, 0) is 9.53 Å². The lowest BCUT2D eigenvalue weighted by atomic mass is 9.83. The van der Waals surface area contributed by atoms with Crippen LogP contribution < -0.4 is 15.4 Å². The van der Waals surface area contributed by atoms with E-state index in [2.05, 4.69) is 21.7 Å². The second kappa shape index (κ2) is 12.5. The number of hydrogen-bond donors (Lipinski definition) is 2. The summed E-state index contributed by atoms with van der Waals surface area (Å²) in [5.41, 5.74) is 1.37. The number of hydrogen-bond acceptors (Lipinski definition) is 4. The molecule has 1 aromatic rings. The fourth-order valence-electron chi connectivity index (χ4n) is 4.33. The van der Waals surface area contributed by atoms with E-state index in [9.17, 15) is 4.79 Å². The molecular weight excluding hydrogens is 507 g/mol. The van der Waals surface area contributed by atoms with E-state index in [-0.39, 0.29) is 47.9 Å². The predicted molar refractivity (Wildman–Crippen MR) is 134 cm³/mol. The summed E-state index contributed by atoms with van der Waals surface area (Å²) in [4.78, 5) is 18.3. The van der Waals surface area contributed by atoms with Crippen molar-refractivity contribution in [3.8, 4) is 5.75 Å². The van der Waals surface area contributed by atoms with E-state index < -0.39 is 0 Å². The third kappa shape index (κ3) is 7.24. The molecule has 1 fully saturated rings. The summed E-state index contributed by atoms with van der Waals surface area (Å²) in [6, 6.07) is 8.21. The Morgan fingerprint density at radius 1 is 1.29 bits per heavy atom. The number of halogens is 1. The van der Waals surface area contributed by atoms with Crippen LogP contribution in [0.15, 0.2) is 29.3 Å². The van der Waals surface area contributed by atoms with Crippen molar-refractivity contribution in [2.75, 3.05) is 47.5 Å². The number of methoxy groups -OCH3 is 1. The number of ether oxygens (including phenoxy) is 2. The van der Waals surface area contributed by atoms with E-state index in [4.69, 9.17) is 9.47 Å². The molecule has 0 aromatic heterocycles. The molecule has 0 bridgehead atoms. The van der Waals surface area contributed by atoms with E-state index in [0.29, 0.717) is 12.6 Å². The van der Waals surface area contributed by atoms with Gasteiger partial charge < -0.3 is 25.0 Å². The standard InChI is InChI=1S/C23H36N4O3.HI/c1-27(2)21(28)16-24-22(25-17-23(13-15-29-3)11-6-7-12-23)26-19-10-14-30-20-9-5-4-8-18(19)20;/h4-5,8-9,19H,6-7,10-17H2,1-3H3,(H2,24,25,26);1H. The lowest BCUT2D eigenvalue weighted by molar-refractivity contribution is -0.127. The Morgan fingerprint density at radius 3 is 2.74 bits per heavy atom. The van der Waals surface area contributed by atoms with Crippen LogP contribution in [0.3, 0.4) is 0 Å². The zero-order chi connectivity index (χ0) is 21.4. The molecule has 2 aliphatic rings. The van der Waals surface area contributed by atoms with Gasteiger partial charge >= 0.3 is 0 Å². The van der Waals surface area contributed by atoms with Gasteiger partial charge in [-0.05, 0) is 30.7 Å². The zero-order valence-corrected chi connectivity index (χ0v) is 21.3.